The minimum absolute atomic E-state index is 0.279. The molecule has 0 atom stereocenters. The number of para-hydroxylation sites is 1. The van der Waals surface area contributed by atoms with Crippen LogP contribution in [0.5, 0.6) is 5.75 Å². The van der Waals surface area contributed by atoms with Crippen molar-refractivity contribution in [2.45, 2.75) is 13.8 Å². The molecule has 0 aliphatic rings. The molecule has 0 bridgehead atoms. The summed E-state index contributed by atoms with van der Waals surface area (Å²) in [6, 6.07) is 12.5. The number of hydrogen-bond donors (Lipinski definition) is 2. The van der Waals surface area contributed by atoms with Crippen molar-refractivity contribution >= 4 is 23.2 Å². The molecule has 3 rings (SSSR count). The third kappa shape index (κ3) is 3.73. The van der Waals surface area contributed by atoms with Crippen molar-refractivity contribution in [1.29, 1.82) is 0 Å². The van der Waals surface area contributed by atoms with E-state index in [1.54, 1.807) is 38.4 Å². The van der Waals surface area contributed by atoms with Crippen LogP contribution in [0, 0.1) is 13.8 Å². The molecule has 0 spiro atoms. The molecular weight excluding hydrogens is 356 g/mol. The number of aryl methyl sites for hydroxylation is 2. The minimum atomic E-state index is -0.290. The molecule has 7 heteroatoms. The van der Waals surface area contributed by atoms with E-state index in [4.69, 9.17) is 4.74 Å². The Morgan fingerprint density at radius 3 is 2.32 bits per heavy atom. The fraction of sp³-hybridized carbons (Fsp3) is 0.190. The Balaban J connectivity index is 1.87. The van der Waals surface area contributed by atoms with Gasteiger partial charge in [-0.15, -0.1) is 0 Å². The molecule has 0 saturated heterocycles. The van der Waals surface area contributed by atoms with Gasteiger partial charge < -0.3 is 15.4 Å². The van der Waals surface area contributed by atoms with Gasteiger partial charge >= 0.3 is 0 Å². The van der Waals surface area contributed by atoms with Crippen molar-refractivity contribution in [3.63, 3.8) is 0 Å². The van der Waals surface area contributed by atoms with E-state index in [2.05, 4.69) is 15.7 Å². The summed E-state index contributed by atoms with van der Waals surface area (Å²) in [7, 11) is 3.20. The molecule has 28 heavy (non-hydrogen) atoms. The van der Waals surface area contributed by atoms with Crippen LogP contribution in [0.3, 0.4) is 0 Å². The Morgan fingerprint density at radius 1 is 0.964 bits per heavy atom. The SMILES string of the molecule is COc1c(C(=O)Nc2ccccc2C)ccc(NC(=O)c2ccnn2C)c1C. The lowest BCUT2D eigenvalue weighted by Crippen LogP contribution is -2.18. The van der Waals surface area contributed by atoms with Crippen molar-refractivity contribution in [1.82, 2.24) is 9.78 Å². The fourth-order valence-electron chi connectivity index (χ4n) is 2.95. The first-order chi connectivity index (χ1) is 13.4. The molecule has 2 N–H and O–H groups in total. The lowest BCUT2D eigenvalue weighted by Gasteiger charge is -2.16. The van der Waals surface area contributed by atoms with Crippen LogP contribution in [0.2, 0.25) is 0 Å². The highest BCUT2D eigenvalue weighted by Crippen LogP contribution is 2.31. The van der Waals surface area contributed by atoms with Gasteiger partial charge in [0.25, 0.3) is 11.8 Å². The molecule has 7 nitrogen and oxygen atoms in total. The topological polar surface area (TPSA) is 85.2 Å². The van der Waals surface area contributed by atoms with Gasteiger partial charge in [-0.3, -0.25) is 14.3 Å². The van der Waals surface area contributed by atoms with E-state index in [-0.39, 0.29) is 11.8 Å². The van der Waals surface area contributed by atoms with Gasteiger partial charge in [0.1, 0.15) is 11.4 Å². The van der Waals surface area contributed by atoms with Crippen LogP contribution in [0.25, 0.3) is 0 Å². The largest absolute Gasteiger partial charge is 0.496 e. The zero-order valence-corrected chi connectivity index (χ0v) is 16.2. The van der Waals surface area contributed by atoms with Crippen molar-refractivity contribution in [2.75, 3.05) is 17.7 Å². The van der Waals surface area contributed by atoms with Gasteiger partial charge in [0.2, 0.25) is 0 Å². The molecule has 0 saturated carbocycles. The van der Waals surface area contributed by atoms with Crippen LogP contribution in [-0.4, -0.2) is 28.7 Å². The molecule has 0 aliphatic carbocycles. The summed E-state index contributed by atoms with van der Waals surface area (Å²) in [5.74, 6) is -0.157. The molecule has 0 fully saturated rings. The molecule has 144 valence electrons. The lowest BCUT2D eigenvalue weighted by molar-refractivity contribution is 0.101. The number of aromatic nitrogens is 2. The van der Waals surface area contributed by atoms with Crippen LogP contribution < -0.4 is 15.4 Å². The molecule has 1 heterocycles. The van der Waals surface area contributed by atoms with E-state index in [1.165, 1.54) is 11.8 Å². The lowest BCUT2D eigenvalue weighted by atomic mass is 10.1. The highest BCUT2D eigenvalue weighted by Gasteiger charge is 2.19. The monoisotopic (exact) mass is 378 g/mol. The summed E-state index contributed by atoms with van der Waals surface area (Å²) in [6.07, 6.45) is 1.56. The fourth-order valence-corrected chi connectivity index (χ4v) is 2.95. The summed E-state index contributed by atoms with van der Waals surface area (Å²) < 4.78 is 6.96. The van der Waals surface area contributed by atoms with Crippen molar-refractivity contribution in [3.8, 4) is 5.75 Å². The standard InChI is InChI=1S/C21H22N4O3/c1-13-7-5-6-8-16(13)23-20(26)15-9-10-17(14(2)19(15)28-4)24-21(27)18-11-12-22-25(18)3/h5-12H,1-4H3,(H,23,26)(H,24,27). The van der Waals surface area contributed by atoms with E-state index in [1.807, 2.05) is 31.2 Å². The van der Waals surface area contributed by atoms with E-state index < -0.39 is 0 Å². The number of nitrogens with zero attached hydrogens (tertiary/aromatic N) is 2. The Bertz CT molecular complexity index is 1040. The van der Waals surface area contributed by atoms with Crippen LogP contribution in [0.15, 0.2) is 48.7 Å². The molecule has 1 aromatic heterocycles. The number of rotatable bonds is 5. The number of nitrogens with one attached hydrogen (secondary N) is 2. The first-order valence-electron chi connectivity index (χ1n) is 8.76. The molecule has 2 amide bonds. The predicted molar refractivity (Wildman–Crippen MR) is 108 cm³/mol. The smallest absolute Gasteiger partial charge is 0.273 e. The van der Waals surface area contributed by atoms with Crippen LogP contribution in [-0.2, 0) is 7.05 Å². The summed E-state index contributed by atoms with van der Waals surface area (Å²) in [4.78, 5) is 25.2. The molecule has 0 unspecified atom stereocenters. The maximum absolute atomic E-state index is 12.8. The second-order valence-corrected chi connectivity index (χ2v) is 6.38. The van der Waals surface area contributed by atoms with Gasteiger partial charge in [-0.2, -0.15) is 5.10 Å². The third-order valence-corrected chi connectivity index (χ3v) is 4.55. The molecule has 0 aliphatic heterocycles. The van der Waals surface area contributed by atoms with Gasteiger partial charge in [-0.1, -0.05) is 18.2 Å². The Hall–Kier alpha value is -3.61. The maximum atomic E-state index is 12.8. The summed E-state index contributed by atoms with van der Waals surface area (Å²) >= 11 is 0. The number of anilines is 2. The highest BCUT2D eigenvalue weighted by atomic mass is 16.5. The number of benzene rings is 2. The van der Waals surface area contributed by atoms with Crippen LogP contribution >= 0.6 is 0 Å². The first kappa shape index (κ1) is 19.2. The minimum Gasteiger partial charge on any atom is -0.496 e. The molecule has 0 radical (unpaired) electrons. The number of carbonyl (C=O) groups excluding carboxylic acids is 2. The van der Waals surface area contributed by atoms with Gasteiger partial charge in [0.15, 0.2) is 0 Å². The van der Waals surface area contributed by atoms with Gasteiger partial charge in [-0.05, 0) is 43.7 Å². The zero-order valence-electron chi connectivity index (χ0n) is 16.2. The zero-order chi connectivity index (χ0) is 20.3. The average molecular weight is 378 g/mol. The summed E-state index contributed by atoms with van der Waals surface area (Å²) in [5.41, 5.74) is 3.75. The number of methoxy groups -OCH3 is 1. The average Bonchev–Trinajstić information content (AvgIpc) is 3.11. The van der Waals surface area contributed by atoms with Gasteiger partial charge in [-0.25, -0.2) is 0 Å². The predicted octanol–water partition coefficient (Wildman–Crippen LogP) is 3.55. The number of amides is 2. The molecular formula is C21H22N4O3. The van der Waals surface area contributed by atoms with Crippen LogP contribution in [0.1, 0.15) is 32.0 Å². The quantitative estimate of drug-likeness (QED) is 0.711. The van der Waals surface area contributed by atoms with Crippen molar-refractivity contribution in [2.24, 2.45) is 7.05 Å². The Morgan fingerprint density at radius 2 is 1.68 bits per heavy atom. The second kappa shape index (κ2) is 7.96. The Kier molecular flexibility index (Phi) is 5.44. The van der Waals surface area contributed by atoms with Crippen molar-refractivity contribution in [3.05, 3.63) is 71.0 Å². The molecule has 3 aromatic rings. The highest BCUT2D eigenvalue weighted by molar-refractivity contribution is 6.08. The van der Waals surface area contributed by atoms with Gasteiger partial charge in [0.05, 0.1) is 12.7 Å². The number of hydrogen-bond acceptors (Lipinski definition) is 4. The maximum Gasteiger partial charge on any atom is 0.273 e. The Labute approximate surface area is 163 Å². The van der Waals surface area contributed by atoms with E-state index >= 15 is 0 Å². The van der Waals surface area contributed by atoms with E-state index in [9.17, 15) is 9.59 Å². The molecule has 2 aromatic carbocycles. The van der Waals surface area contributed by atoms with E-state index in [0.717, 1.165) is 11.3 Å². The normalized spacial score (nSPS) is 10.4. The summed E-state index contributed by atoms with van der Waals surface area (Å²) in [6.45, 7) is 3.72. The summed E-state index contributed by atoms with van der Waals surface area (Å²) in [5, 5.41) is 9.74. The number of carbonyl (C=O) groups is 2. The third-order valence-electron chi connectivity index (χ3n) is 4.55. The first-order valence-corrected chi connectivity index (χ1v) is 8.76. The van der Waals surface area contributed by atoms with Crippen LogP contribution in [0.4, 0.5) is 11.4 Å². The van der Waals surface area contributed by atoms with E-state index in [0.29, 0.717) is 28.3 Å². The second-order valence-electron chi connectivity index (χ2n) is 6.38. The number of ether oxygens (including phenoxy) is 1. The van der Waals surface area contributed by atoms with Crippen molar-refractivity contribution < 1.29 is 14.3 Å². The van der Waals surface area contributed by atoms with Gasteiger partial charge in [0, 0.05) is 30.2 Å².